The fourth-order valence-corrected chi connectivity index (χ4v) is 3.19. The van der Waals surface area contributed by atoms with Gasteiger partial charge < -0.3 is 20.3 Å². The van der Waals surface area contributed by atoms with Crippen LogP contribution in [0.4, 0.5) is 4.79 Å². The molecule has 0 unspecified atom stereocenters. The Labute approximate surface area is 150 Å². The molecule has 0 radical (unpaired) electrons. The van der Waals surface area contributed by atoms with Crippen molar-refractivity contribution in [2.75, 3.05) is 20.1 Å². The number of likely N-dealkylation sites (tertiary alicyclic amines) is 1. The van der Waals surface area contributed by atoms with Crippen LogP contribution in [0.1, 0.15) is 26.5 Å². The van der Waals surface area contributed by atoms with Crippen molar-refractivity contribution in [2.24, 2.45) is 4.99 Å². The zero-order chi connectivity index (χ0) is 18.0. The molecule has 1 aliphatic heterocycles. The SMILES string of the molecule is CN=C(NCc1cn2ccsc2n1)NC1CN(C(=O)OC(C)(C)C)C1. The monoisotopic (exact) mass is 364 g/mol. The average Bonchev–Trinajstić information content (AvgIpc) is 3.04. The molecule has 0 spiro atoms. The summed E-state index contributed by atoms with van der Waals surface area (Å²) in [6.45, 7) is 7.41. The Bertz CT molecular complexity index is 741. The number of ether oxygens (including phenoxy) is 1. The van der Waals surface area contributed by atoms with E-state index in [0.29, 0.717) is 25.6 Å². The molecule has 2 aromatic heterocycles. The molecule has 0 atom stereocenters. The summed E-state index contributed by atoms with van der Waals surface area (Å²) in [5, 5.41) is 8.56. The van der Waals surface area contributed by atoms with Crippen LogP contribution in [-0.4, -0.2) is 58.1 Å². The lowest BCUT2D eigenvalue weighted by Gasteiger charge is -2.40. The number of carbonyl (C=O) groups excluding carboxylic acids is 1. The van der Waals surface area contributed by atoms with Crippen molar-refractivity contribution in [2.45, 2.75) is 39.0 Å². The summed E-state index contributed by atoms with van der Waals surface area (Å²) in [5.41, 5.74) is 0.490. The van der Waals surface area contributed by atoms with Crippen molar-refractivity contribution in [3.05, 3.63) is 23.5 Å². The number of aromatic nitrogens is 2. The molecule has 3 rings (SSSR count). The fraction of sp³-hybridized carbons (Fsp3) is 0.562. The van der Waals surface area contributed by atoms with E-state index in [4.69, 9.17) is 4.74 Å². The van der Waals surface area contributed by atoms with Gasteiger partial charge in [-0.1, -0.05) is 0 Å². The van der Waals surface area contributed by atoms with Gasteiger partial charge in [0.1, 0.15) is 5.60 Å². The molecule has 3 heterocycles. The molecule has 2 aromatic rings. The first-order chi connectivity index (χ1) is 11.8. The maximum absolute atomic E-state index is 11.9. The standard InChI is InChI=1S/C16H24N6O2S/c1-16(2,3)24-15(23)22-9-12(10-22)19-13(17-4)18-7-11-8-21-5-6-25-14(21)20-11/h5-6,8,12H,7,9-10H2,1-4H3,(H2,17,18,19). The molecule has 1 aliphatic rings. The van der Waals surface area contributed by atoms with E-state index in [1.165, 1.54) is 0 Å². The summed E-state index contributed by atoms with van der Waals surface area (Å²) < 4.78 is 7.35. The summed E-state index contributed by atoms with van der Waals surface area (Å²) in [6, 6.07) is 0.171. The smallest absolute Gasteiger partial charge is 0.410 e. The number of carbonyl (C=O) groups is 1. The van der Waals surface area contributed by atoms with E-state index in [-0.39, 0.29) is 12.1 Å². The average molecular weight is 364 g/mol. The van der Waals surface area contributed by atoms with Crippen molar-refractivity contribution in [3.8, 4) is 0 Å². The number of amides is 1. The maximum atomic E-state index is 11.9. The van der Waals surface area contributed by atoms with Crippen LogP contribution in [0.2, 0.25) is 0 Å². The lowest BCUT2D eigenvalue weighted by Crippen LogP contribution is -2.63. The number of hydrogen-bond acceptors (Lipinski definition) is 5. The number of imidazole rings is 1. The van der Waals surface area contributed by atoms with Crippen LogP contribution >= 0.6 is 11.3 Å². The van der Waals surface area contributed by atoms with E-state index < -0.39 is 5.60 Å². The molecule has 25 heavy (non-hydrogen) atoms. The van der Waals surface area contributed by atoms with Gasteiger partial charge in [-0.25, -0.2) is 9.78 Å². The Hall–Kier alpha value is -2.29. The van der Waals surface area contributed by atoms with Gasteiger partial charge >= 0.3 is 6.09 Å². The van der Waals surface area contributed by atoms with Gasteiger partial charge in [0.15, 0.2) is 10.9 Å². The molecule has 0 aromatic carbocycles. The van der Waals surface area contributed by atoms with Crippen molar-refractivity contribution < 1.29 is 9.53 Å². The summed E-state index contributed by atoms with van der Waals surface area (Å²) in [4.78, 5) is 23.3. The van der Waals surface area contributed by atoms with Crippen LogP contribution in [0, 0.1) is 0 Å². The Morgan fingerprint density at radius 3 is 2.88 bits per heavy atom. The number of fused-ring (bicyclic) bond motifs is 1. The summed E-state index contributed by atoms with van der Waals surface area (Å²) >= 11 is 1.61. The topological polar surface area (TPSA) is 83.3 Å². The van der Waals surface area contributed by atoms with Gasteiger partial charge in [0.2, 0.25) is 0 Å². The first-order valence-corrected chi connectivity index (χ1v) is 9.08. The van der Waals surface area contributed by atoms with Crippen molar-refractivity contribution >= 4 is 28.4 Å². The van der Waals surface area contributed by atoms with Crippen molar-refractivity contribution in [3.63, 3.8) is 0 Å². The van der Waals surface area contributed by atoms with Gasteiger partial charge in [0.05, 0.1) is 18.3 Å². The zero-order valence-electron chi connectivity index (χ0n) is 14.9. The predicted octanol–water partition coefficient (Wildman–Crippen LogP) is 1.68. The molecule has 2 N–H and O–H groups in total. The molecular weight excluding hydrogens is 340 g/mol. The van der Waals surface area contributed by atoms with Crippen LogP contribution in [0.3, 0.4) is 0 Å². The van der Waals surface area contributed by atoms with Gasteiger partial charge in [-0.3, -0.25) is 9.39 Å². The van der Waals surface area contributed by atoms with Gasteiger partial charge in [0.25, 0.3) is 0 Å². The molecule has 0 saturated carbocycles. The minimum Gasteiger partial charge on any atom is -0.444 e. The van der Waals surface area contributed by atoms with E-state index in [0.717, 1.165) is 10.7 Å². The maximum Gasteiger partial charge on any atom is 0.410 e. The van der Waals surface area contributed by atoms with Crippen molar-refractivity contribution in [1.29, 1.82) is 0 Å². The van der Waals surface area contributed by atoms with Crippen LogP contribution in [0.5, 0.6) is 0 Å². The molecule has 1 amide bonds. The minimum absolute atomic E-state index is 0.171. The van der Waals surface area contributed by atoms with Crippen LogP contribution in [0.15, 0.2) is 22.8 Å². The van der Waals surface area contributed by atoms with Gasteiger partial charge in [-0.15, -0.1) is 11.3 Å². The Morgan fingerprint density at radius 2 is 2.24 bits per heavy atom. The lowest BCUT2D eigenvalue weighted by atomic mass is 10.1. The second-order valence-electron chi connectivity index (χ2n) is 6.98. The first kappa shape index (κ1) is 17.5. The molecular formula is C16H24N6O2S. The summed E-state index contributed by atoms with van der Waals surface area (Å²) in [5.74, 6) is 0.699. The molecule has 0 aliphatic carbocycles. The van der Waals surface area contributed by atoms with E-state index >= 15 is 0 Å². The number of rotatable bonds is 3. The Kier molecular flexibility index (Phi) is 4.85. The number of hydrogen-bond donors (Lipinski definition) is 2. The van der Waals surface area contributed by atoms with Crippen molar-refractivity contribution in [1.82, 2.24) is 24.9 Å². The highest BCUT2D eigenvalue weighted by Crippen LogP contribution is 2.15. The van der Waals surface area contributed by atoms with Gasteiger partial charge in [-0.05, 0) is 20.8 Å². The predicted molar refractivity (Wildman–Crippen MR) is 98.0 cm³/mol. The second kappa shape index (κ2) is 6.91. The quantitative estimate of drug-likeness (QED) is 0.640. The Balaban J connectivity index is 1.43. The number of guanidine groups is 1. The molecule has 1 saturated heterocycles. The number of aliphatic imine (C=N–C) groups is 1. The second-order valence-corrected chi connectivity index (χ2v) is 7.85. The highest BCUT2D eigenvalue weighted by Gasteiger charge is 2.34. The minimum atomic E-state index is -0.467. The molecule has 1 fully saturated rings. The summed E-state index contributed by atoms with van der Waals surface area (Å²) in [7, 11) is 1.73. The molecule has 0 bridgehead atoms. The van der Waals surface area contributed by atoms with E-state index in [9.17, 15) is 4.79 Å². The number of nitrogens with zero attached hydrogens (tertiary/aromatic N) is 4. The molecule has 9 heteroatoms. The van der Waals surface area contributed by atoms with E-state index in [1.54, 1.807) is 23.3 Å². The third-order valence-corrected chi connectivity index (χ3v) is 4.45. The van der Waals surface area contributed by atoms with Crippen LogP contribution in [0.25, 0.3) is 4.96 Å². The lowest BCUT2D eigenvalue weighted by molar-refractivity contribution is 0.00701. The first-order valence-electron chi connectivity index (χ1n) is 8.20. The third kappa shape index (κ3) is 4.41. The summed E-state index contributed by atoms with van der Waals surface area (Å²) in [6.07, 6.45) is 3.72. The number of thiazole rings is 1. The van der Waals surface area contributed by atoms with Crippen LogP contribution < -0.4 is 10.6 Å². The fourth-order valence-electron chi connectivity index (χ4n) is 2.47. The Morgan fingerprint density at radius 1 is 1.48 bits per heavy atom. The van der Waals surface area contributed by atoms with Gasteiger partial charge in [-0.2, -0.15) is 0 Å². The van der Waals surface area contributed by atoms with E-state index in [1.807, 2.05) is 42.9 Å². The largest absolute Gasteiger partial charge is 0.444 e. The molecule has 8 nitrogen and oxygen atoms in total. The zero-order valence-corrected chi connectivity index (χ0v) is 15.8. The molecule has 136 valence electrons. The normalized spacial score (nSPS) is 16.0. The highest BCUT2D eigenvalue weighted by molar-refractivity contribution is 7.15. The van der Waals surface area contributed by atoms with E-state index in [2.05, 4.69) is 20.6 Å². The third-order valence-electron chi connectivity index (χ3n) is 3.68. The van der Waals surface area contributed by atoms with Crippen LogP contribution in [-0.2, 0) is 11.3 Å². The number of nitrogens with one attached hydrogen (secondary N) is 2. The van der Waals surface area contributed by atoms with Gasteiger partial charge in [0, 0.05) is 37.9 Å². The highest BCUT2D eigenvalue weighted by atomic mass is 32.1.